The number of nitrogens with zero attached hydrogens (tertiary/aromatic N) is 3. The van der Waals surface area contributed by atoms with Gasteiger partial charge in [-0.2, -0.15) is 0 Å². The minimum atomic E-state index is -0.240. The number of benzene rings is 2. The lowest BCUT2D eigenvalue weighted by Gasteiger charge is -2.07. The van der Waals surface area contributed by atoms with Gasteiger partial charge in [-0.15, -0.1) is 10.2 Å². The molecule has 3 aromatic rings. The van der Waals surface area contributed by atoms with E-state index in [2.05, 4.69) is 15.5 Å². The molecule has 1 N–H and O–H groups in total. The summed E-state index contributed by atoms with van der Waals surface area (Å²) in [5.41, 5.74) is 2.37. The Bertz CT molecular complexity index is 973. The molecule has 0 atom stereocenters. The van der Waals surface area contributed by atoms with Gasteiger partial charge in [0.05, 0.1) is 14.2 Å². The maximum atomic E-state index is 12.3. The van der Waals surface area contributed by atoms with Gasteiger partial charge in [0.2, 0.25) is 5.91 Å². The Hall–Kier alpha value is -3.61. The highest BCUT2D eigenvalue weighted by Crippen LogP contribution is 2.24. The number of rotatable bonds is 7. The molecular weight excluding hydrogens is 356 g/mol. The fourth-order valence-corrected chi connectivity index (χ4v) is 2.73. The topological polar surface area (TPSA) is 78.3 Å². The van der Waals surface area contributed by atoms with E-state index in [0.717, 1.165) is 23.5 Å². The van der Waals surface area contributed by atoms with Crippen LogP contribution in [-0.2, 0) is 11.3 Å². The first kappa shape index (κ1) is 19.2. The number of hydrogen-bond donors (Lipinski definition) is 1. The van der Waals surface area contributed by atoms with Crippen molar-refractivity contribution in [2.75, 3.05) is 19.5 Å². The summed E-state index contributed by atoms with van der Waals surface area (Å²) in [6, 6.07) is 12.9. The quantitative estimate of drug-likeness (QED) is 0.635. The van der Waals surface area contributed by atoms with Gasteiger partial charge in [0, 0.05) is 29.9 Å². The van der Waals surface area contributed by atoms with E-state index < -0.39 is 0 Å². The van der Waals surface area contributed by atoms with Crippen molar-refractivity contribution >= 4 is 17.7 Å². The van der Waals surface area contributed by atoms with Gasteiger partial charge in [0.15, 0.2) is 5.82 Å². The number of aromatic nitrogens is 3. The first-order valence-corrected chi connectivity index (χ1v) is 8.83. The highest BCUT2D eigenvalue weighted by Gasteiger charge is 2.07. The fourth-order valence-electron chi connectivity index (χ4n) is 2.73. The molecule has 0 fully saturated rings. The fraction of sp³-hybridized carbons (Fsp3) is 0.190. The number of amides is 1. The number of methoxy groups -OCH3 is 2. The minimum Gasteiger partial charge on any atom is -0.497 e. The van der Waals surface area contributed by atoms with Crippen molar-refractivity contribution in [3.8, 4) is 22.9 Å². The largest absolute Gasteiger partial charge is 0.497 e. The van der Waals surface area contributed by atoms with Crippen LogP contribution in [0.1, 0.15) is 12.5 Å². The van der Waals surface area contributed by atoms with Gasteiger partial charge in [-0.1, -0.05) is 12.1 Å². The van der Waals surface area contributed by atoms with Gasteiger partial charge >= 0.3 is 0 Å². The molecule has 7 nitrogen and oxygen atoms in total. The Morgan fingerprint density at radius 2 is 1.89 bits per heavy atom. The van der Waals surface area contributed by atoms with E-state index in [1.54, 1.807) is 32.7 Å². The third-order valence-electron chi connectivity index (χ3n) is 4.15. The number of carbonyl (C=O) groups excluding carboxylic acids is 1. The predicted molar refractivity (Wildman–Crippen MR) is 108 cm³/mol. The molecule has 0 aliphatic rings. The highest BCUT2D eigenvalue weighted by molar-refractivity contribution is 6.02. The summed E-state index contributed by atoms with van der Waals surface area (Å²) in [5, 5.41) is 11.0. The van der Waals surface area contributed by atoms with Crippen molar-refractivity contribution in [1.82, 2.24) is 14.8 Å². The average molecular weight is 378 g/mol. The molecule has 0 bridgehead atoms. The van der Waals surface area contributed by atoms with Crippen molar-refractivity contribution in [2.24, 2.45) is 0 Å². The van der Waals surface area contributed by atoms with Crippen LogP contribution in [0.3, 0.4) is 0 Å². The maximum absolute atomic E-state index is 12.3. The Morgan fingerprint density at radius 1 is 1.14 bits per heavy atom. The molecule has 0 saturated heterocycles. The summed E-state index contributed by atoms with van der Waals surface area (Å²) in [4.78, 5) is 12.3. The second kappa shape index (κ2) is 8.85. The summed E-state index contributed by atoms with van der Waals surface area (Å²) in [6.07, 6.45) is 4.86. The first-order chi connectivity index (χ1) is 13.6. The van der Waals surface area contributed by atoms with Crippen LogP contribution in [0, 0.1) is 0 Å². The molecular formula is C21H22N4O3. The van der Waals surface area contributed by atoms with E-state index in [-0.39, 0.29) is 5.91 Å². The second-order valence-electron chi connectivity index (χ2n) is 5.99. The molecule has 144 valence electrons. The number of aryl methyl sites for hydroxylation is 1. The number of nitrogens with one attached hydrogen (secondary N) is 1. The zero-order chi connectivity index (χ0) is 19.9. The standard InChI is InChI=1S/C21H22N4O3/c1-4-25-14-22-24-21(25)16-6-5-7-17(12-16)23-20(26)9-8-15-10-18(27-2)13-19(11-15)28-3/h5-14H,4H2,1-3H3,(H,23,26)/b9-8+. The molecule has 0 spiro atoms. The van der Waals surface area contributed by atoms with Gasteiger partial charge in [-0.3, -0.25) is 4.79 Å². The molecule has 7 heteroatoms. The van der Waals surface area contributed by atoms with Gasteiger partial charge < -0.3 is 19.4 Å². The first-order valence-electron chi connectivity index (χ1n) is 8.83. The second-order valence-corrected chi connectivity index (χ2v) is 5.99. The van der Waals surface area contributed by atoms with E-state index in [9.17, 15) is 4.79 Å². The van der Waals surface area contributed by atoms with Gasteiger partial charge in [0.1, 0.15) is 17.8 Å². The van der Waals surface area contributed by atoms with Crippen LogP contribution in [0.15, 0.2) is 54.9 Å². The Labute approximate surface area is 163 Å². The third kappa shape index (κ3) is 4.56. The zero-order valence-corrected chi connectivity index (χ0v) is 16.0. The van der Waals surface area contributed by atoms with Crippen molar-refractivity contribution in [1.29, 1.82) is 0 Å². The Balaban J connectivity index is 1.73. The van der Waals surface area contributed by atoms with Gasteiger partial charge in [-0.05, 0) is 42.8 Å². The smallest absolute Gasteiger partial charge is 0.248 e. The van der Waals surface area contributed by atoms with E-state index in [1.165, 1.54) is 6.08 Å². The Morgan fingerprint density at radius 3 is 2.57 bits per heavy atom. The number of hydrogen-bond acceptors (Lipinski definition) is 5. The Kier molecular flexibility index (Phi) is 6.06. The summed E-state index contributed by atoms with van der Waals surface area (Å²) in [6.45, 7) is 2.79. The normalized spacial score (nSPS) is 10.8. The predicted octanol–water partition coefficient (Wildman–Crippen LogP) is 3.63. The van der Waals surface area contributed by atoms with E-state index in [4.69, 9.17) is 9.47 Å². The molecule has 0 saturated carbocycles. The SMILES string of the molecule is CCn1cnnc1-c1cccc(NC(=O)/C=C/c2cc(OC)cc(OC)c2)c1. The summed E-state index contributed by atoms with van der Waals surface area (Å²) in [5.74, 6) is 1.84. The molecule has 3 rings (SSSR count). The van der Waals surface area contributed by atoms with Gasteiger partial charge in [-0.25, -0.2) is 0 Å². The highest BCUT2D eigenvalue weighted by atomic mass is 16.5. The number of ether oxygens (including phenoxy) is 2. The van der Waals surface area contributed by atoms with Crippen LogP contribution in [0.5, 0.6) is 11.5 Å². The van der Waals surface area contributed by atoms with E-state index in [0.29, 0.717) is 17.2 Å². The molecule has 1 aromatic heterocycles. The molecule has 1 heterocycles. The van der Waals surface area contributed by atoms with E-state index in [1.807, 2.05) is 47.9 Å². The maximum Gasteiger partial charge on any atom is 0.248 e. The lowest BCUT2D eigenvalue weighted by Crippen LogP contribution is -2.08. The zero-order valence-electron chi connectivity index (χ0n) is 16.0. The van der Waals surface area contributed by atoms with Crippen molar-refractivity contribution in [3.05, 3.63) is 60.4 Å². The monoisotopic (exact) mass is 378 g/mol. The molecule has 0 aliphatic carbocycles. The number of anilines is 1. The van der Waals surface area contributed by atoms with Crippen LogP contribution in [0.2, 0.25) is 0 Å². The molecule has 2 aromatic carbocycles. The van der Waals surface area contributed by atoms with Crippen LogP contribution in [-0.4, -0.2) is 34.9 Å². The van der Waals surface area contributed by atoms with Crippen LogP contribution in [0.25, 0.3) is 17.5 Å². The third-order valence-corrected chi connectivity index (χ3v) is 4.15. The van der Waals surface area contributed by atoms with Crippen molar-refractivity contribution in [3.63, 3.8) is 0 Å². The van der Waals surface area contributed by atoms with Gasteiger partial charge in [0.25, 0.3) is 0 Å². The lowest BCUT2D eigenvalue weighted by molar-refractivity contribution is -0.111. The average Bonchev–Trinajstić information content (AvgIpc) is 3.21. The molecule has 0 radical (unpaired) electrons. The molecule has 0 aliphatic heterocycles. The summed E-state index contributed by atoms with van der Waals surface area (Å²) in [7, 11) is 3.17. The minimum absolute atomic E-state index is 0.240. The van der Waals surface area contributed by atoms with Crippen LogP contribution >= 0.6 is 0 Å². The summed E-state index contributed by atoms with van der Waals surface area (Å²) < 4.78 is 12.4. The lowest BCUT2D eigenvalue weighted by atomic mass is 10.1. The summed E-state index contributed by atoms with van der Waals surface area (Å²) >= 11 is 0. The number of carbonyl (C=O) groups is 1. The van der Waals surface area contributed by atoms with Crippen LogP contribution < -0.4 is 14.8 Å². The van der Waals surface area contributed by atoms with Crippen LogP contribution in [0.4, 0.5) is 5.69 Å². The van der Waals surface area contributed by atoms with E-state index >= 15 is 0 Å². The van der Waals surface area contributed by atoms with Crippen molar-refractivity contribution in [2.45, 2.75) is 13.5 Å². The molecule has 28 heavy (non-hydrogen) atoms. The molecule has 0 unspecified atom stereocenters. The molecule has 1 amide bonds. The van der Waals surface area contributed by atoms with Crippen molar-refractivity contribution < 1.29 is 14.3 Å².